The van der Waals surface area contributed by atoms with Gasteiger partial charge in [-0.05, 0) is 42.5 Å². The maximum Gasteiger partial charge on any atom is 0.338 e. The molecule has 0 fully saturated rings. The Balaban J connectivity index is 2.47. The third-order valence-corrected chi connectivity index (χ3v) is 3.72. The van der Waals surface area contributed by atoms with Crippen LogP contribution in [0.25, 0.3) is 0 Å². The van der Waals surface area contributed by atoms with Gasteiger partial charge in [0.2, 0.25) is 0 Å². The summed E-state index contributed by atoms with van der Waals surface area (Å²) in [4.78, 5) is 12.2. The van der Waals surface area contributed by atoms with Crippen molar-refractivity contribution in [3.63, 3.8) is 0 Å². The zero-order chi connectivity index (χ0) is 16.9. The lowest BCUT2D eigenvalue weighted by Crippen LogP contribution is -2.12. The molecule has 23 heavy (non-hydrogen) atoms. The van der Waals surface area contributed by atoms with Gasteiger partial charge in [-0.3, -0.25) is 0 Å². The number of hydrogen-bond acceptors (Lipinski definition) is 3. The minimum absolute atomic E-state index is 0.238. The van der Waals surface area contributed by atoms with Gasteiger partial charge in [0.25, 0.3) is 0 Å². The fourth-order valence-corrected chi connectivity index (χ4v) is 2.58. The summed E-state index contributed by atoms with van der Waals surface area (Å²) in [5, 5.41) is 0. The Morgan fingerprint density at radius 3 is 2.04 bits per heavy atom. The van der Waals surface area contributed by atoms with Crippen molar-refractivity contribution in [3.05, 3.63) is 34.9 Å². The second-order valence-electron chi connectivity index (χ2n) is 5.99. The Morgan fingerprint density at radius 2 is 1.48 bits per heavy atom. The van der Waals surface area contributed by atoms with Gasteiger partial charge in [0.1, 0.15) is 6.61 Å². The van der Waals surface area contributed by atoms with E-state index < -0.39 is 0 Å². The van der Waals surface area contributed by atoms with Crippen molar-refractivity contribution >= 4 is 5.97 Å². The average Bonchev–Trinajstić information content (AvgIpc) is 2.54. The molecule has 130 valence electrons. The molecule has 0 N–H and O–H groups in total. The van der Waals surface area contributed by atoms with E-state index in [1.54, 1.807) is 0 Å². The third-order valence-electron chi connectivity index (χ3n) is 3.72. The van der Waals surface area contributed by atoms with Crippen LogP contribution >= 0.6 is 0 Å². The number of unbranched alkanes of at least 4 members (excludes halogenated alkanes) is 2. The molecule has 0 saturated carbocycles. The third kappa shape index (κ3) is 8.17. The predicted octanol–water partition coefficient (Wildman–Crippen LogP) is 4.96. The monoisotopic (exact) mass is 320 g/mol. The smallest absolute Gasteiger partial charge is 0.338 e. The molecule has 0 atom stereocenters. The van der Waals surface area contributed by atoms with Gasteiger partial charge in [0, 0.05) is 6.61 Å². The normalized spacial score (nSPS) is 10.7. The number of esters is 1. The number of benzene rings is 1. The molecular weight excluding hydrogens is 288 g/mol. The summed E-state index contributed by atoms with van der Waals surface area (Å²) in [7, 11) is 0. The Morgan fingerprint density at radius 1 is 0.826 bits per heavy atom. The van der Waals surface area contributed by atoms with E-state index in [0.717, 1.165) is 38.7 Å². The fourth-order valence-electron chi connectivity index (χ4n) is 2.58. The maximum absolute atomic E-state index is 12.2. The highest BCUT2D eigenvalue weighted by Crippen LogP contribution is 2.15. The highest BCUT2D eigenvalue weighted by Gasteiger charge is 2.10. The van der Waals surface area contributed by atoms with Crippen LogP contribution in [0.3, 0.4) is 0 Å². The Kier molecular flexibility index (Phi) is 10.4. The molecule has 0 saturated heterocycles. The summed E-state index contributed by atoms with van der Waals surface area (Å²) < 4.78 is 10.8. The standard InChI is InChI=1S/C20H32O3/c1-4-7-8-11-22-12-13-23-20(21)19-15-17(9-5-2)14-18(16-19)10-6-3/h14-16H,4-13H2,1-3H3. The van der Waals surface area contributed by atoms with Crippen LogP contribution in [-0.2, 0) is 22.3 Å². The van der Waals surface area contributed by atoms with Crippen molar-refractivity contribution in [3.8, 4) is 0 Å². The molecule has 0 radical (unpaired) electrons. The SMILES string of the molecule is CCCCCOCCOC(=O)c1cc(CCC)cc(CCC)c1. The second kappa shape index (κ2) is 12.1. The lowest BCUT2D eigenvalue weighted by Gasteiger charge is -2.10. The molecule has 1 rings (SSSR count). The number of aryl methyl sites for hydroxylation is 2. The van der Waals surface area contributed by atoms with Gasteiger partial charge in [0.05, 0.1) is 12.2 Å². The van der Waals surface area contributed by atoms with Crippen LogP contribution in [0.2, 0.25) is 0 Å². The van der Waals surface area contributed by atoms with Crippen molar-refractivity contribution in [1.82, 2.24) is 0 Å². The summed E-state index contributed by atoms with van der Waals surface area (Å²) in [6.45, 7) is 8.03. The van der Waals surface area contributed by atoms with Gasteiger partial charge in [-0.2, -0.15) is 0 Å². The number of ether oxygens (including phenoxy) is 2. The minimum atomic E-state index is -0.238. The largest absolute Gasteiger partial charge is 0.460 e. The van der Waals surface area contributed by atoms with Gasteiger partial charge in [-0.15, -0.1) is 0 Å². The molecular formula is C20H32O3. The molecule has 0 aromatic heterocycles. The summed E-state index contributed by atoms with van der Waals surface area (Å²) in [5.41, 5.74) is 3.12. The lowest BCUT2D eigenvalue weighted by atomic mass is 10.00. The maximum atomic E-state index is 12.2. The number of carbonyl (C=O) groups excluding carboxylic acids is 1. The van der Waals surface area contributed by atoms with Crippen molar-refractivity contribution in [1.29, 1.82) is 0 Å². The van der Waals surface area contributed by atoms with Crippen molar-refractivity contribution < 1.29 is 14.3 Å². The van der Waals surface area contributed by atoms with E-state index in [0.29, 0.717) is 18.8 Å². The molecule has 0 unspecified atom stereocenters. The first-order valence-electron chi connectivity index (χ1n) is 9.08. The van der Waals surface area contributed by atoms with Crippen LogP contribution < -0.4 is 0 Å². The average molecular weight is 320 g/mol. The first-order valence-corrected chi connectivity index (χ1v) is 9.08. The van der Waals surface area contributed by atoms with Gasteiger partial charge < -0.3 is 9.47 Å². The number of hydrogen-bond donors (Lipinski definition) is 0. The summed E-state index contributed by atoms with van der Waals surface area (Å²) in [6.07, 6.45) is 7.60. The summed E-state index contributed by atoms with van der Waals surface area (Å²) in [5.74, 6) is -0.238. The first kappa shape index (κ1) is 19.7. The first-order chi connectivity index (χ1) is 11.2. The van der Waals surface area contributed by atoms with Crippen LogP contribution in [0.4, 0.5) is 0 Å². The van der Waals surface area contributed by atoms with Crippen LogP contribution in [0.5, 0.6) is 0 Å². The Bertz CT molecular complexity index is 430. The van der Waals surface area contributed by atoms with Crippen LogP contribution in [0.1, 0.15) is 74.4 Å². The van der Waals surface area contributed by atoms with Crippen molar-refractivity contribution in [2.45, 2.75) is 65.7 Å². The molecule has 3 nitrogen and oxygen atoms in total. The van der Waals surface area contributed by atoms with Crippen LogP contribution in [-0.4, -0.2) is 25.8 Å². The fraction of sp³-hybridized carbons (Fsp3) is 0.650. The Hall–Kier alpha value is -1.35. The van der Waals surface area contributed by atoms with Crippen LogP contribution in [0, 0.1) is 0 Å². The molecule has 0 aliphatic rings. The quantitative estimate of drug-likeness (QED) is 0.403. The van der Waals surface area contributed by atoms with E-state index in [-0.39, 0.29) is 5.97 Å². The van der Waals surface area contributed by atoms with Gasteiger partial charge >= 0.3 is 5.97 Å². The summed E-state index contributed by atoms with van der Waals surface area (Å²) in [6, 6.07) is 6.14. The van der Waals surface area contributed by atoms with Crippen molar-refractivity contribution in [2.24, 2.45) is 0 Å². The number of carbonyl (C=O) groups is 1. The van der Waals surface area contributed by atoms with E-state index in [2.05, 4.69) is 26.8 Å². The van der Waals surface area contributed by atoms with Crippen LogP contribution in [0.15, 0.2) is 18.2 Å². The van der Waals surface area contributed by atoms with Gasteiger partial charge in [-0.25, -0.2) is 4.79 Å². The van der Waals surface area contributed by atoms with E-state index >= 15 is 0 Å². The second-order valence-corrected chi connectivity index (χ2v) is 5.99. The lowest BCUT2D eigenvalue weighted by molar-refractivity contribution is 0.0312. The molecule has 0 heterocycles. The molecule has 0 amide bonds. The van der Waals surface area contributed by atoms with E-state index in [1.165, 1.54) is 24.0 Å². The Labute approximate surface area is 141 Å². The summed E-state index contributed by atoms with van der Waals surface area (Å²) >= 11 is 0. The zero-order valence-electron chi connectivity index (χ0n) is 15.0. The number of rotatable bonds is 12. The molecule has 0 aliphatic heterocycles. The van der Waals surface area contributed by atoms with E-state index in [1.807, 2.05) is 12.1 Å². The highest BCUT2D eigenvalue weighted by molar-refractivity contribution is 5.89. The van der Waals surface area contributed by atoms with Crippen molar-refractivity contribution in [2.75, 3.05) is 19.8 Å². The molecule has 3 heteroatoms. The van der Waals surface area contributed by atoms with Gasteiger partial charge in [0.15, 0.2) is 0 Å². The van der Waals surface area contributed by atoms with E-state index in [9.17, 15) is 4.79 Å². The molecule has 1 aromatic carbocycles. The molecule has 0 bridgehead atoms. The minimum Gasteiger partial charge on any atom is -0.460 e. The molecule has 0 aliphatic carbocycles. The molecule has 0 spiro atoms. The zero-order valence-corrected chi connectivity index (χ0v) is 15.0. The van der Waals surface area contributed by atoms with E-state index in [4.69, 9.17) is 9.47 Å². The molecule has 1 aromatic rings. The topological polar surface area (TPSA) is 35.5 Å². The highest BCUT2D eigenvalue weighted by atomic mass is 16.6. The predicted molar refractivity (Wildman–Crippen MR) is 95.1 cm³/mol. The van der Waals surface area contributed by atoms with Gasteiger partial charge in [-0.1, -0.05) is 52.5 Å².